The highest BCUT2D eigenvalue weighted by Crippen LogP contribution is 2.16. The molecular formula is C13H18O. The van der Waals surface area contributed by atoms with E-state index in [2.05, 4.69) is 17.9 Å². The van der Waals surface area contributed by atoms with Crippen molar-refractivity contribution in [2.75, 3.05) is 0 Å². The standard InChI is InChI=1S/C13H18O/c1-2-13(14)11-7-6-10-12-8-4-3-5-9-12/h8H,2-5,7,9,11H2,1H3. The molecule has 0 fully saturated rings. The highest BCUT2D eigenvalue weighted by molar-refractivity contribution is 5.78. The van der Waals surface area contributed by atoms with E-state index < -0.39 is 0 Å². The second kappa shape index (κ2) is 6.43. The molecule has 1 aliphatic rings. The van der Waals surface area contributed by atoms with E-state index in [9.17, 15) is 4.79 Å². The Morgan fingerprint density at radius 1 is 1.50 bits per heavy atom. The van der Waals surface area contributed by atoms with E-state index >= 15 is 0 Å². The molecule has 0 heterocycles. The Bertz CT molecular complexity index is 275. The minimum atomic E-state index is 0.317. The van der Waals surface area contributed by atoms with Crippen LogP contribution in [0.2, 0.25) is 0 Å². The lowest BCUT2D eigenvalue weighted by Crippen LogP contribution is -1.93. The first kappa shape index (κ1) is 11.0. The first-order chi connectivity index (χ1) is 6.83. The van der Waals surface area contributed by atoms with Crippen LogP contribution >= 0.6 is 0 Å². The molecule has 0 unspecified atom stereocenters. The highest BCUT2D eigenvalue weighted by Gasteiger charge is 1.99. The number of allylic oxidation sites excluding steroid dienone is 2. The minimum absolute atomic E-state index is 0.317. The summed E-state index contributed by atoms with van der Waals surface area (Å²) in [7, 11) is 0. The van der Waals surface area contributed by atoms with Crippen molar-refractivity contribution in [2.24, 2.45) is 0 Å². The van der Waals surface area contributed by atoms with Gasteiger partial charge in [-0.1, -0.05) is 24.8 Å². The van der Waals surface area contributed by atoms with E-state index in [1.54, 1.807) is 0 Å². The van der Waals surface area contributed by atoms with Crippen LogP contribution in [-0.4, -0.2) is 5.78 Å². The summed E-state index contributed by atoms with van der Waals surface area (Å²) < 4.78 is 0. The monoisotopic (exact) mass is 190 g/mol. The fraction of sp³-hybridized carbons (Fsp3) is 0.615. The van der Waals surface area contributed by atoms with E-state index in [0.29, 0.717) is 18.6 Å². The Morgan fingerprint density at radius 2 is 2.36 bits per heavy atom. The molecule has 1 heteroatoms. The van der Waals surface area contributed by atoms with Crippen LogP contribution in [0.25, 0.3) is 0 Å². The molecule has 1 rings (SSSR count). The maximum absolute atomic E-state index is 11.0. The number of rotatable bonds is 3. The van der Waals surface area contributed by atoms with Crippen molar-refractivity contribution in [3.8, 4) is 11.8 Å². The molecule has 0 bridgehead atoms. The number of hydrogen-bond acceptors (Lipinski definition) is 1. The van der Waals surface area contributed by atoms with Crippen LogP contribution in [0.1, 0.15) is 51.9 Å². The van der Waals surface area contributed by atoms with Gasteiger partial charge in [-0.05, 0) is 31.3 Å². The second-order valence-corrected chi connectivity index (χ2v) is 3.67. The van der Waals surface area contributed by atoms with Crippen LogP contribution < -0.4 is 0 Å². The maximum atomic E-state index is 11.0. The largest absolute Gasteiger partial charge is 0.300 e. The molecule has 0 saturated heterocycles. The molecule has 0 aliphatic heterocycles. The number of ketones is 1. The van der Waals surface area contributed by atoms with Gasteiger partial charge in [-0.15, -0.1) is 0 Å². The first-order valence-electron chi connectivity index (χ1n) is 5.52. The van der Waals surface area contributed by atoms with E-state index in [1.165, 1.54) is 24.8 Å². The predicted octanol–water partition coefficient (Wildman–Crippen LogP) is 3.25. The normalized spacial score (nSPS) is 15.4. The minimum Gasteiger partial charge on any atom is -0.300 e. The van der Waals surface area contributed by atoms with E-state index in [0.717, 1.165) is 12.8 Å². The van der Waals surface area contributed by atoms with Gasteiger partial charge in [0.25, 0.3) is 0 Å². The quantitative estimate of drug-likeness (QED) is 0.624. The molecule has 0 spiro atoms. The molecule has 0 radical (unpaired) electrons. The summed E-state index contributed by atoms with van der Waals surface area (Å²) in [5, 5.41) is 0. The molecule has 1 aliphatic carbocycles. The summed E-state index contributed by atoms with van der Waals surface area (Å²) in [5.41, 5.74) is 1.28. The molecule has 1 nitrogen and oxygen atoms in total. The third-order valence-electron chi connectivity index (χ3n) is 2.46. The molecule has 0 amide bonds. The lowest BCUT2D eigenvalue weighted by molar-refractivity contribution is -0.118. The average Bonchev–Trinajstić information content (AvgIpc) is 2.25. The Labute approximate surface area is 86.6 Å². The number of carbonyl (C=O) groups excluding carboxylic acids is 1. The van der Waals surface area contributed by atoms with Gasteiger partial charge in [0.2, 0.25) is 0 Å². The summed E-state index contributed by atoms with van der Waals surface area (Å²) in [6, 6.07) is 0. The second-order valence-electron chi connectivity index (χ2n) is 3.67. The zero-order valence-corrected chi connectivity index (χ0v) is 8.94. The van der Waals surface area contributed by atoms with E-state index in [-0.39, 0.29) is 0 Å². The molecule has 0 saturated carbocycles. The maximum Gasteiger partial charge on any atom is 0.133 e. The van der Waals surface area contributed by atoms with Crippen molar-refractivity contribution in [3.63, 3.8) is 0 Å². The molecule has 0 aromatic rings. The van der Waals surface area contributed by atoms with Crippen LogP contribution in [0.3, 0.4) is 0 Å². The smallest absolute Gasteiger partial charge is 0.133 e. The lowest BCUT2D eigenvalue weighted by atomic mass is 10.00. The summed E-state index contributed by atoms with van der Waals surface area (Å²) >= 11 is 0. The number of Topliss-reactive ketones (excluding diaryl/α,β-unsaturated/α-hetero) is 1. The van der Waals surface area contributed by atoms with Crippen molar-refractivity contribution in [1.82, 2.24) is 0 Å². The van der Waals surface area contributed by atoms with Gasteiger partial charge in [-0.2, -0.15) is 0 Å². The zero-order chi connectivity index (χ0) is 10.2. The highest BCUT2D eigenvalue weighted by atomic mass is 16.1. The lowest BCUT2D eigenvalue weighted by Gasteiger charge is -2.05. The van der Waals surface area contributed by atoms with E-state index in [1.807, 2.05) is 6.92 Å². The van der Waals surface area contributed by atoms with Crippen molar-refractivity contribution in [1.29, 1.82) is 0 Å². The number of carbonyl (C=O) groups is 1. The third-order valence-corrected chi connectivity index (χ3v) is 2.46. The van der Waals surface area contributed by atoms with Gasteiger partial charge in [0.15, 0.2) is 0 Å². The molecule has 0 aromatic heterocycles. The van der Waals surface area contributed by atoms with Gasteiger partial charge in [-0.25, -0.2) is 0 Å². The Morgan fingerprint density at radius 3 is 3.00 bits per heavy atom. The fourth-order valence-corrected chi connectivity index (χ4v) is 1.51. The van der Waals surface area contributed by atoms with Gasteiger partial charge in [0.1, 0.15) is 5.78 Å². The Hall–Kier alpha value is -1.03. The van der Waals surface area contributed by atoms with E-state index in [4.69, 9.17) is 0 Å². The molecular weight excluding hydrogens is 172 g/mol. The zero-order valence-electron chi connectivity index (χ0n) is 8.94. The van der Waals surface area contributed by atoms with Crippen LogP contribution in [0.5, 0.6) is 0 Å². The Kier molecular flexibility index (Phi) is 5.07. The van der Waals surface area contributed by atoms with Crippen LogP contribution in [0.15, 0.2) is 11.6 Å². The number of hydrogen-bond donors (Lipinski definition) is 0. The van der Waals surface area contributed by atoms with Gasteiger partial charge >= 0.3 is 0 Å². The van der Waals surface area contributed by atoms with Gasteiger partial charge in [0, 0.05) is 19.3 Å². The van der Waals surface area contributed by atoms with Crippen molar-refractivity contribution in [3.05, 3.63) is 11.6 Å². The summed E-state index contributed by atoms with van der Waals surface area (Å²) in [5.74, 6) is 6.56. The summed E-state index contributed by atoms with van der Waals surface area (Å²) in [6.07, 6.45) is 9.11. The summed E-state index contributed by atoms with van der Waals surface area (Å²) in [4.78, 5) is 11.0. The SMILES string of the molecule is CCC(=O)CCC#CC1=CCCCC1. The van der Waals surface area contributed by atoms with Gasteiger partial charge in [0.05, 0.1) is 0 Å². The van der Waals surface area contributed by atoms with Crippen molar-refractivity contribution >= 4 is 5.78 Å². The van der Waals surface area contributed by atoms with Crippen LogP contribution in [0.4, 0.5) is 0 Å². The Balaban J connectivity index is 2.25. The molecule has 0 N–H and O–H groups in total. The fourth-order valence-electron chi connectivity index (χ4n) is 1.51. The molecule has 0 atom stereocenters. The topological polar surface area (TPSA) is 17.1 Å². The van der Waals surface area contributed by atoms with Crippen molar-refractivity contribution < 1.29 is 4.79 Å². The average molecular weight is 190 g/mol. The van der Waals surface area contributed by atoms with Gasteiger partial charge in [-0.3, -0.25) is 4.79 Å². The van der Waals surface area contributed by atoms with Crippen LogP contribution in [0, 0.1) is 11.8 Å². The third kappa shape index (κ3) is 4.28. The first-order valence-corrected chi connectivity index (χ1v) is 5.52. The van der Waals surface area contributed by atoms with Gasteiger partial charge < -0.3 is 0 Å². The molecule has 0 aromatic carbocycles. The molecule has 14 heavy (non-hydrogen) atoms. The van der Waals surface area contributed by atoms with Crippen molar-refractivity contribution in [2.45, 2.75) is 51.9 Å². The predicted molar refractivity (Wildman–Crippen MR) is 58.9 cm³/mol. The van der Waals surface area contributed by atoms with Crippen LogP contribution in [-0.2, 0) is 4.79 Å². The summed E-state index contributed by atoms with van der Waals surface area (Å²) in [6.45, 7) is 1.90. The molecule has 76 valence electrons.